The van der Waals surface area contributed by atoms with Crippen LogP contribution in [0.1, 0.15) is 42.1 Å². The highest BCUT2D eigenvalue weighted by molar-refractivity contribution is 5.97. The maximum absolute atomic E-state index is 12.7. The largest absolute Gasteiger partial charge is 0.361 e. The molecule has 0 saturated carbocycles. The Morgan fingerprint density at radius 1 is 0.968 bits per heavy atom. The second-order valence-electron chi connectivity index (χ2n) is 8.24. The van der Waals surface area contributed by atoms with Gasteiger partial charge < -0.3 is 10.3 Å². The molecule has 1 amide bonds. The lowest BCUT2D eigenvalue weighted by Gasteiger charge is -2.15. The molecule has 0 aliphatic carbocycles. The number of hydrogen-bond acceptors (Lipinski definition) is 1. The monoisotopic (exact) mass is 408 g/mol. The first-order chi connectivity index (χ1) is 14.9. The van der Waals surface area contributed by atoms with Crippen molar-refractivity contribution in [2.24, 2.45) is 0 Å². The van der Waals surface area contributed by atoms with Crippen molar-refractivity contribution in [2.75, 3.05) is 0 Å². The van der Waals surface area contributed by atoms with Gasteiger partial charge in [0, 0.05) is 17.3 Å². The molecule has 4 rings (SSSR count). The van der Waals surface area contributed by atoms with Crippen molar-refractivity contribution < 1.29 is 4.79 Å². The van der Waals surface area contributed by atoms with Crippen molar-refractivity contribution in [3.8, 4) is 11.1 Å². The zero-order chi connectivity index (χ0) is 22.0. The van der Waals surface area contributed by atoms with E-state index in [1.54, 1.807) is 0 Å². The maximum Gasteiger partial charge on any atom is 0.247 e. The quantitative estimate of drug-likeness (QED) is 0.353. The van der Waals surface area contributed by atoms with E-state index in [1.165, 1.54) is 22.1 Å². The number of amides is 1. The topological polar surface area (TPSA) is 44.9 Å². The first-order valence-electron chi connectivity index (χ1n) is 10.7. The minimum absolute atomic E-state index is 0.0365. The first-order valence-corrected chi connectivity index (χ1v) is 10.7. The van der Waals surface area contributed by atoms with E-state index in [0.717, 1.165) is 22.2 Å². The second-order valence-corrected chi connectivity index (χ2v) is 8.24. The molecule has 3 heteroatoms. The van der Waals surface area contributed by atoms with Crippen LogP contribution >= 0.6 is 0 Å². The van der Waals surface area contributed by atoms with E-state index in [9.17, 15) is 4.79 Å². The fourth-order valence-corrected chi connectivity index (χ4v) is 3.96. The summed E-state index contributed by atoms with van der Waals surface area (Å²) in [6, 6.07) is 22.9. The Balaban J connectivity index is 1.57. The lowest BCUT2D eigenvalue weighted by molar-refractivity contribution is -0.118. The third kappa shape index (κ3) is 4.46. The van der Waals surface area contributed by atoms with Gasteiger partial charge in [0.2, 0.25) is 5.91 Å². The Kier molecular flexibility index (Phi) is 5.77. The zero-order valence-corrected chi connectivity index (χ0v) is 18.5. The van der Waals surface area contributed by atoms with Gasteiger partial charge in [-0.1, -0.05) is 48.5 Å². The minimum atomic E-state index is -0.0459. The number of carbonyl (C=O) groups excluding carboxylic acids is 1. The van der Waals surface area contributed by atoms with Gasteiger partial charge >= 0.3 is 0 Å². The van der Waals surface area contributed by atoms with Crippen LogP contribution in [-0.2, 0) is 4.79 Å². The Bertz CT molecular complexity index is 1260. The van der Waals surface area contributed by atoms with Crippen LogP contribution in [0.15, 0.2) is 78.5 Å². The number of nitrogens with one attached hydrogen (secondary N) is 2. The van der Waals surface area contributed by atoms with Crippen LogP contribution in [0.4, 0.5) is 0 Å². The molecule has 0 bridgehead atoms. The summed E-state index contributed by atoms with van der Waals surface area (Å²) >= 11 is 0. The number of aromatic nitrogens is 1. The highest BCUT2D eigenvalue weighted by Crippen LogP contribution is 2.30. The molecule has 0 fully saturated rings. The van der Waals surface area contributed by atoms with Crippen LogP contribution in [0.25, 0.3) is 28.1 Å². The van der Waals surface area contributed by atoms with Crippen LogP contribution in [-0.4, -0.2) is 10.9 Å². The molecule has 2 N–H and O–H groups in total. The molecule has 1 aromatic heterocycles. The lowest BCUT2D eigenvalue weighted by atomic mass is 9.93. The molecule has 0 saturated heterocycles. The SMILES string of the molecule is CC(=Cc1cc(C)c(-c2ccc3[nH]ccc3c2)cc1C)C(=O)N[C@H](C)c1ccccc1. The number of carbonyl (C=O) groups is 1. The fourth-order valence-electron chi connectivity index (χ4n) is 3.96. The van der Waals surface area contributed by atoms with Gasteiger partial charge in [0.15, 0.2) is 0 Å². The van der Waals surface area contributed by atoms with E-state index >= 15 is 0 Å². The average Bonchev–Trinajstić information content (AvgIpc) is 3.24. The molecule has 156 valence electrons. The third-order valence-electron chi connectivity index (χ3n) is 5.85. The Morgan fingerprint density at radius 3 is 2.52 bits per heavy atom. The predicted octanol–water partition coefficient (Wildman–Crippen LogP) is 6.73. The molecule has 0 aliphatic heterocycles. The van der Waals surface area contributed by atoms with Crippen molar-refractivity contribution in [3.63, 3.8) is 0 Å². The zero-order valence-electron chi connectivity index (χ0n) is 18.5. The second kappa shape index (κ2) is 8.65. The van der Waals surface area contributed by atoms with Gasteiger partial charge in [-0.05, 0) is 90.7 Å². The summed E-state index contributed by atoms with van der Waals surface area (Å²) < 4.78 is 0. The third-order valence-corrected chi connectivity index (χ3v) is 5.85. The lowest BCUT2D eigenvalue weighted by Crippen LogP contribution is -2.27. The highest BCUT2D eigenvalue weighted by Gasteiger charge is 2.12. The molecule has 0 spiro atoms. The van der Waals surface area contributed by atoms with E-state index in [-0.39, 0.29) is 11.9 Å². The Labute approximate surface area is 183 Å². The number of fused-ring (bicyclic) bond motifs is 1. The van der Waals surface area contributed by atoms with E-state index in [2.05, 4.69) is 60.5 Å². The number of rotatable bonds is 5. The summed E-state index contributed by atoms with van der Waals surface area (Å²) in [5, 5.41) is 4.30. The van der Waals surface area contributed by atoms with E-state index in [4.69, 9.17) is 0 Å². The average molecular weight is 409 g/mol. The van der Waals surface area contributed by atoms with Crippen LogP contribution < -0.4 is 5.32 Å². The number of hydrogen-bond donors (Lipinski definition) is 2. The van der Waals surface area contributed by atoms with Crippen molar-refractivity contribution in [2.45, 2.75) is 33.7 Å². The molecule has 1 heterocycles. The van der Waals surface area contributed by atoms with Crippen molar-refractivity contribution in [1.29, 1.82) is 0 Å². The van der Waals surface area contributed by atoms with Crippen LogP contribution in [0, 0.1) is 13.8 Å². The van der Waals surface area contributed by atoms with Crippen molar-refractivity contribution >= 4 is 22.9 Å². The van der Waals surface area contributed by atoms with Gasteiger partial charge in [-0.15, -0.1) is 0 Å². The summed E-state index contributed by atoms with van der Waals surface area (Å²) in [5.41, 5.74) is 8.78. The summed E-state index contributed by atoms with van der Waals surface area (Å²) in [6.07, 6.45) is 3.95. The normalized spacial score (nSPS) is 12.7. The molecular weight excluding hydrogens is 380 g/mol. The molecule has 0 aliphatic rings. The van der Waals surface area contributed by atoms with Crippen LogP contribution in [0.2, 0.25) is 0 Å². The minimum Gasteiger partial charge on any atom is -0.361 e. The number of aromatic amines is 1. The smallest absolute Gasteiger partial charge is 0.247 e. The van der Waals surface area contributed by atoms with Gasteiger partial charge in [-0.2, -0.15) is 0 Å². The van der Waals surface area contributed by atoms with Gasteiger partial charge in [0.05, 0.1) is 6.04 Å². The number of benzene rings is 3. The van der Waals surface area contributed by atoms with Gasteiger partial charge in [-0.3, -0.25) is 4.79 Å². The molecule has 0 radical (unpaired) electrons. The first kappa shape index (κ1) is 20.7. The maximum atomic E-state index is 12.7. The van der Waals surface area contributed by atoms with Crippen LogP contribution in [0.3, 0.4) is 0 Å². The summed E-state index contributed by atoms with van der Waals surface area (Å²) in [6.45, 7) is 8.10. The Morgan fingerprint density at radius 2 is 1.74 bits per heavy atom. The summed E-state index contributed by atoms with van der Waals surface area (Å²) in [5.74, 6) is -0.0459. The summed E-state index contributed by atoms with van der Waals surface area (Å²) in [4.78, 5) is 16.0. The standard InChI is InChI=1S/C28H28N2O/c1-18-16-26(23-10-11-27-24(17-23)12-13-29-27)19(2)14-25(18)15-20(3)28(31)30-21(4)22-8-6-5-7-9-22/h5-17,21,29H,1-4H3,(H,30,31)/t21-/m1/s1. The van der Waals surface area contributed by atoms with Crippen molar-refractivity contribution in [1.82, 2.24) is 10.3 Å². The van der Waals surface area contributed by atoms with Crippen molar-refractivity contribution in [3.05, 3.63) is 101 Å². The predicted molar refractivity (Wildman–Crippen MR) is 130 cm³/mol. The van der Waals surface area contributed by atoms with E-state index in [0.29, 0.717) is 5.57 Å². The van der Waals surface area contributed by atoms with E-state index in [1.807, 2.05) is 56.5 Å². The molecule has 1 atom stereocenters. The summed E-state index contributed by atoms with van der Waals surface area (Å²) in [7, 11) is 0. The van der Waals surface area contributed by atoms with E-state index < -0.39 is 0 Å². The molecule has 0 unspecified atom stereocenters. The molecule has 31 heavy (non-hydrogen) atoms. The van der Waals surface area contributed by atoms with Gasteiger partial charge in [-0.25, -0.2) is 0 Å². The van der Waals surface area contributed by atoms with Gasteiger partial charge in [0.1, 0.15) is 0 Å². The number of aryl methyl sites for hydroxylation is 2. The molecule has 4 aromatic rings. The highest BCUT2D eigenvalue weighted by atomic mass is 16.1. The van der Waals surface area contributed by atoms with Crippen LogP contribution in [0.5, 0.6) is 0 Å². The van der Waals surface area contributed by atoms with Gasteiger partial charge in [0.25, 0.3) is 0 Å². The Hall–Kier alpha value is -3.59. The molecule has 3 aromatic carbocycles. The molecular formula is C28H28N2O. The molecule has 3 nitrogen and oxygen atoms in total. The fraction of sp³-hybridized carbons (Fsp3) is 0.179. The number of H-pyrrole nitrogens is 1.